The number of carbonyl (C=O) groups excluding carboxylic acids is 5. The second kappa shape index (κ2) is 17.1. The molecule has 5 amide bonds. The molecule has 1 aliphatic heterocycles. The third-order valence-corrected chi connectivity index (χ3v) is 5.84. The number of hydroxylamine groups is 2. The van der Waals surface area contributed by atoms with Gasteiger partial charge in [0.05, 0.1) is 32.8 Å². The Morgan fingerprint density at radius 2 is 1.76 bits per heavy atom. The van der Waals surface area contributed by atoms with Crippen molar-refractivity contribution in [2.75, 3.05) is 46.9 Å². The zero-order valence-electron chi connectivity index (χ0n) is 23.3. The molecule has 0 aromatic rings. The number of likely N-dealkylation sites (N-methyl/N-ethyl adjacent to an activating group) is 2. The van der Waals surface area contributed by atoms with Gasteiger partial charge >= 0.3 is 0 Å². The summed E-state index contributed by atoms with van der Waals surface area (Å²) in [4.78, 5) is 68.1. The summed E-state index contributed by atoms with van der Waals surface area (Å²) in [5.74, 6) is -1.71. The Bertz CT molecular complexity index is 891. The Balaban J connectivity index is 2.54. The molecule has 13 heteroatoms. The maximum atomic E-state index is 13.0. The number of hydrogen-bond acceptors (Lipinski definition) is 8. The van der Waals surface area contributed by atoms with E-state index < -0.39 is 18.0 Å². The Kier molecular flexibility index (Phi) is 14.7. The van der Waals surface area contributed by atoms with E-state index >= 15 is 0 Å². The lowest BCUT2D eigenvalue weighted by Gasteiger charge is -2.29. The van der Waals surface area contributed by atoms with Gasteiger partial charge in [0.1, 0.15) is 6.04 Å². The van der Waals surface area contributed by atoms with Gasteiger partial charge in [-0.25, -0.2) is 0 Å². The minimum Gasteiger partial charge on any atom is -0.355 e. The van der Waals surface area contributed by atoms with Crippen LogP contribution in [0.5, 0.6) is 0 Å². The largest absolute Gasteiger partial charge is 0.355 e. The van der Waals surface area contributed by atoms with Crippen LogP contribution in [0.1, 0.15) is 40.5 Å². The van der Waals surface area contributed by atoms with E-state index in [9.17, 15) is 24.0 Å². The molecule has 0 aliphatic carbocycles. The summed E-state index contributed by atoms with van der Waals surface area (Å²) in [6.45, 7) is 8.00. The summed E-state index contributed by atoms with van der Waals surface area (Å²) in [6, 6.07) is -1.62. The third kappa shape index (κ3) is 11.3. The van der Waals surface area contributed by atoms with E-state index in [1.807, 2.05) is 6.92 Å². The van der Waals surface area contributed by atoms with Crippen molar-refractivity contribution < 1.29 is 28.8 Å². The van der Waals surface area contributed by atoms with Crippen molar-refractivity contribution >= 4 is 29.5 Å². The number of carbonyl (C=O) groups is 5. The average molecular weight is 538 g/mol. The van der Waals surface area contributed by atoms with E-state index in [1.165, 1.54) is 19.1 Å². The molecular formula is C25H43N7O6. The van der Waals surface area contributed by atoms with Gasteiger partial charge in [-0.2, -0.15) is 0 Å². The van der Waals surface area contributed by atoms with E-state index in [2.05, 4.69) is 26.6 Å². The minimum absolute atomic E-state index is 0.106. The Labute approximate surface area is 224 Å². The first-order chi connectivity index (χ1) is 18.0. The first-order valence-corrected chi connectivity index (χ1v) is 12.8. The van der Waals surface area contributed by atoms with E-state index in [4.69, 9.17) is 4.84 Å². The molecule has 0 saturated heterocycles. The summed E-state index contributed by atoms with van der Waals surface area (Å²) >= 11 is 0. The summed E-state index contributed by atoms with van der Waals surface area (Å²) in [5.41, 5.74) is 0.421. The summed E-state index contributed by atoms with van der Waals surface area (Å²) in [7, 11) is 3.06. The molecular weight excluding hydrogens is 494 g/mol. The van der Waals surface area contributed by atoms with Gasteiger partial charge < -0.3 is 31.5 Å². The van der Waals surface area contributed by atoms with Crippen LogP contribution < -0.4 is 26.6 Å². The van der Waals surface area contributed by atoms with Gasteiger partial charge in [0.2, 0.25) is 23.6 Å². The second-order valence-corrected chi connectivity index (χ2v) is 8.96. The normalized spacial score (nSPS) is 15.0. The molecule has 3 atom stereocenters. The maximum absolute atomic E-state index is 13.0. The summed E-state index contributed by atoms with van der Waals surface area (Å²) in [5, 5.41) is 15.2. The fourth-order valence-electron chi connectivity index (χ4n) is 3.53. The molecule has 3 unspecified atom stereocenters. The molecule has 38 heavy (non-hydrogen) atoms. The Morgan fingerprint density at radius 1 is 1.05 bits per heavy atom. The van der Waals surface area contributed by atoms with E-state index in [1.54, 1.807) is 44.2 Å². The molecule has 214 valence electrons. The zero-order chi connectivity index (χ0) is 28.7. The minimum atomic E-state index is -0.714. The van der Waals surface area contributed by atoms with Crippen molar-refractivity contribution in [2.24, 2.45) is 0 Å². The summed E-state index contributed by atoms with van der Waals surface area (Å²) < 4.78 is 0. The van der Waals surface area contributed by atoms with Gasteiger partial charge in [0.25, 0.3) is 5.91 Å². The van der Waals surface area contributed by atoms with Crippen molar-refractivity contribution in [3.05, 3.63) is 23.9 Å². The van der Waals surface area contributed by atoms with Crippen LogP contribution in [0, 0.1) is 0 Å². The van der Waals surface area contributed by atoms with E-state index in [0.29, 0.717) is 38.0 Å². The van der Waals surface area contributed by atoms with Gasteiger partial charge in [0, 0.05) is 38.0 Å². The number of nitrogens with one attached hydrogen (secondary N) is 5. The third-order valence-electron chi connectivity index (χ3n) is 5.84. The average Bonchev–Trinajstić information content (AvgIpc) is 2.91. The molecule has 0 radical (unpaired) electrons. The van der Waals surface area contributed by atoms with Crippen LogP contribution in [-0.4, -0.2) is 105 Å². The SMILES string of the molecule is CCCC(C(=O)NC(C)CNC(C)C(=O)NCC(=O)NCC)N(C)C(=O)CNC(=O)C1=CCN(OC)C=C1. The van der Waals surface area contributed by atoms with Gasteiger partial charge in [-0.15, -0.1) is 0 Å². The van der Waals surface area contributed by atoms with E-state index in [0.717, 1.165) is 0 Å². The molecule has 0 spiro atoms. The zero-order valence-corrected chi connectivity index (χ0v) is 23.3. The molecule has 0 bridgehead atoms. The fourth-order valence-corrected chi connectivity index (χ4v) is 3.53. The van der Waals surface area contributed by atoms with E-state index in [-0.39, 0.29) is 42.8 Å². The van der Waals surface area contributed by atoms with Crippen molar-refractivity contribution in [3.8, 4) is 0 Å². The highest BCUT2D eigenvalue weighted by Gasteiger charge is 2.27. The number of hydrogen-bond donors (Lipinski definition) is 5. The Hall–Kier alpha value is -3.45. The number of nitrogens with zero attached hydrogens (tertiary/aromatic N) is 2. The van der Waals surface area contributed by atoms with Crippen LogP contribution in [0.15, 0.2) is 23.9 Å². The van der Waals surface area contributed by atoms with Crippen LogP contribution in [0.4, 0.5) is 0 Å². The lowest BCUT2D eigenvalue weighted by Crippen LogP contribution is -2.54. The predicted molar refractivity (Wildman–Crippen MR) is 142 cm³/mol. The van der Waals surface area contributed by atoms with Gasteiger partial charge in [-0.05, 0) is 39.3 Å². The molecule has 0 aromatic heterocycles. The van der Waals surface area contributed by atoms with Gasteiger partial charge in [-0.1, -0.05) is 13.3 Å². The first kappa shape index (κ1) is 32.6. The molecule has 13 nitrogen and oxygen atoms in total. The van der Waals surface area contributed by atoms with Crippen molar-refractivity contribution in [2.45, 2.75) is 58.7 Å². The Morgan fingerprint density at radius 3 is 2.34 bits per heavy atom. The topological polar surface area (TPSA) is 161 Å². The summed E-state index contributed by atoms with van der Waals surface area (Å²) in [6.07, 6.45) is 6.02. The van der Waals surface area contributed by atoms with Crippen molar-refractivity contribution in [3.63, 3.8) is 0 Å². The number of rotatable bonds is 16. The van der Waals surface area contributed by atoms with Crippen molar-refractivity contribution in [1.29, 1.82) is 0 Å². The number of amides is 5. The maximum Gasteiger partial charge on any atom is 0.251 e. The highest BCUT2D eigenvalue weighted by atomic mass is 16.7. The molecule has 1 heterocycles. The van der Waals surface area contributed by atoms with Crippen molar-refractivity contribution in [1.82, 2.24) is 36.5 Å². The second-order valence-electron chi connectivity index (χ2n) is 8.96. The highest BCUT2D eigenvalue weighted by Crippen LogP contribution is 2.09. The molecule has 1 rings (SSSR count). The molecule has 5 N–H and O–H groups in total. The fraction of sp³-hybridized carbons (Fsp3) is 0.640. The monoisotopic (exact) mass is 537 g/mol. The van der Waals surface area contributed by atoms with Crippen LogP contribution >= 0.6 is 0 Å². The van der Waals surface area contributed by atoms with Crippen LogP contribution in [0.3, 0.4) is 0 Å². The quantitative estimate of drug-likeness (QED) is 0.164. The molecule has 0 saturated carbocycles. The smallest absolute Gasteiger partial charge is 0.251 e. The van der Waals surface area contributed by atoms with Gasteiger partial charge in [-0.3, -0.25) is 33.9 Å². The van der Waals surface area contributed by atoms with Crippen LogP contribution in [-0.2, 0) is 28.8 Å². The predicted octanol–water partition coefficient (Wildman–Crippen LogP) is -1.22. The standard InChI is InChI=1S/C25H43N7O6/c1-7-9-20(31(5)22(34)16-29-24(36)19-10-12-32(38-6)13-11-19)25(37)30-17(3)14-27-18(4)23(35)28-15-21(33)26-8-2/h10-12,17-18,20,27H,7-9,13-16H2,1-6H3,(H,26,33)(H,28,35)(H,29,36)(H,30,37). The first-order valence-electron chi connectivity index (χ1n) is 12.8. The molecule has 0 aromatic carbocycles. The van der Waals surface area contributed by atoms with Crippen LogP contribution in [0.25, 0.3) is 0 Å². The molecule has 1 aliphatic rings. The molecule has 0 fully saturated rings. The lowest BCUT2D eigenvalue weighted by atomic mass is 10.1. The van der Waals surface area contributed by atoms with Crippen LogP contribution in [0.2, 0.25) is 0 Å². The lowest BCUT2D eigenvalue weighted by molar-refractivity contribution is -0.139. The highest BCUT2D eigenvalue weighted by molar-refractivity contribution is 5.98. The van der Waals surface area contributed by atoms with Gasteiger partial charge in [0.15, 0.2) is 0 Å².